The summed E-state index contributed by atoms with van der Waals surface area (Å²) in [5.74, 6) is 0.850. The number of carbonyl (C=O) groups excluding carboxylic acids is 2. The van der Waals surface area contributed by atoms with E-state index in [-0.39, 0.29) is 17.7 Å². The van der Waals surface area contributed by atoms with E-state index in [1.165, 1.54) is 6.42 Å². The number of anilines is 2. The van der Waals surface area contributed by atoms with Crippen molar-refractivity contribution in [2.24, 2.45) is 5.92 Å². The summed E-state index contributed by atoms with van der Waals surface area (Å²) in [5.41, 5.74) is 3.23. The van der Waals surface area contributed by atoms with Gasteiger partial charge in [0.25, 0.3) is 5.91 Å². The molecule has 0 bridgehead atoms. The van der Waals surface area contributed by atoms with Gasteiger partial charge in [0, 0.05) is 36.8 Å². The van der Waals surface area contributed by atoms with Crippen LogP contribution in [0.25, 0.3) is 0 Å². The van der Waals surface area contributed by atoms with Crippen molar-refractivity contribution in [3.05, 3.63) is 53.6 Å². The average Bonchev–Trinajstić information content (AvgIpc) is 2.77. The molecule has 1 aliphatic carbocycles. The first-order valence-electron chi connectivity index (χ1n) is 11.3. The average molecular weight is 422 g/mol. The zero-order valence-corrected chi connectivity index (χ0v) is 18.2. The number of para-hydroxylation sites is 1. The van der Waals surface area contributed by atoms with Gasteiger partial charge >= 0.3 is 0 Å². The van der Waals surface area contributed by atoms with Crippen LogP contribution in [0.4, 0.5) is 11.4 Å². The third kappa shape index (κ3) is 5.01. The van der Waals surface area contributed by atoms with Crippen LogP contribution in [-0.2, 0) is 11.3 Å². The maximum Gasteiger partial charge on any atom is 0.253 e. The number of amides is 2. The van der Waals surface area contributed by atoms with E-state index in [0.29, 0.717) is 12.1 Å². The number of hydrogen-bond donors (Lipinski definition) is 2. The maximum absolute atomic E-state index is 13.1. The molecule has 0 radical (unpaired) electrons. The minimum atomic E-state index is -0.122. The molecule has 6 heteroatoms. The molecule has 1 aliphatic heterocycles. The predicted octanol–water partition coefficient (Wildman–Crippen LogP) is 4.35. The third-order valence-electron chi connectivity index (χ3n) is 6.31. The number of nitrogens with one attached hydrogen (secondary N) is 2. The lowest BCUT2D eigenvalue weighted by Gasteiger charge is -2.31. The molecule has 2 N–H and O–H groups in total. The van der Waals surface area contributed by atoms with Gasteiger partial charge < -0.3 is 20.3 Å². The molecule has 0 unspecified atom stereocenters. The van der Waals surface area contributed by atoms with Crippen molar-refractivity contribution < 1.29 is 14.3 Å². The van der Waals surface area contributed by atoms with Gasteiger partial charge in [-0.05, 0) is 56.4 Å². The second-order valence-corrected chi connectivity index (χ2v) is 8.39. The Morgan fingerprint density at radius 3 is 2.52 bits per heavy atom. The Labute approximate surface area is 184 Å². The number of methoxy groups -OCH3 is 1. The number of hydrogen-bond acceptors (Lipinski definition) is 4. The highest BCUT2D eigenvalue weighted by Crippen LogP contribution is 2.31. The topological polar surface area (TPSA) is 70.7 Å². The number of rotatable bonds is 7. The number of carbonyl (C=O) groups is 2. The minimum absolute atomic E-state index is 0.0872. The molecule has 2 aromatic rings. The molecule has 2 aromatic carbocycles. The fraction of sp³-hybridized carbons (Fsp3) is 0.440. The van der Waals surface area contributed by atoms with E-state index in [9.17, 15) is 9.59 Å². The molecular weight excluding hydrogens is 390 g/mol. The number of benzene rings is 2. The van der Waals surface area contributed by atoms with Gasteiger partial charge in [-0.3, -0.25) is 9.59 Å². The molecule has 0 aromatic heterocycles. The van der Waals surface area contributed by atoms with Crippen molar-refractivity contribution >= 4 is 23.2 Å². The van der Waals surface area contributed by atoms with Crippen LogP contribution in [0.2, 0.25) is 0 Å². The molecule has 0 atom stereocenters. The lowest BCUT2D eigenvalue weighted by atomic mass is 9.85. The van der Waals surface area contributed by atoms with Crippen LogP contribution in [0.3, 0.4) is 0 Å². The quantitative estimate of drug-likeness (QED) is 0.697. The summed E-state index contributed by atoms with van der Waals surface area (Å²) >= 11 is 0. The Bertz CT molecular complexity index is 933. The maximum atomic E-state index is 13.1. The van der Waals surface area contributed by atoms with Crippen LogP contribution in [0.1, 0.15) is 54.4 Å². The zero-order valence-electron chi connectivity index (χ0n) is 18.2. The molecule has 1 saturated carbocycles. The van der Waals surface area contributed by atoms with Gasteiger partial charge in [0.05, 0.1) is 18.4 Å². The Morgan fingerprint density at radius 2 is 1.81 bits per heavy atom. The fourth-order valence-electron chi connectivity index (χ4n) is 4.23. The van der Waals surface area contributed by atoms with E-state index >= 15 is 0 Å². The van der Waals surface area contributed by atoms with Crippen LogP contribution in [0.5, 0.6) is 5.75 Å². The molecule has 1 saturated heterocycles. The van der Waals surface area contributed by atoms with Crippen LogP contribution >= 0.6 is 0 Å². The third-order valence-corrected chi connectivity index (χ3v) is 6.31. The van der Waals surface area contributed by atoms with Crippen molar-refractivity contribution in [2.75, 3.05) is 30.4 Å². The molecule has 6 nitrogen and oxygen atoms in total. The van der Waals surface area contributed by atoms with Gasteiger partial charge in [-0.15, -0.1) is 0 Å². The summed E-state index contributed by atoms with van der Waals surface area (Å²) in [6, 6.07) is 13.3. The molecule has 1 heterocycles. The van der Waals surface area contributed by atoms with Gasteiger partial charge in [0.2, 0.25) is 5.91 Å². The number of nitrogens with zero attached hydrogens (tertiary/aromatic N) is 1. The molecule has 164 valence electrons. The molecular formula is C25H31N3O3. The Hall–Kier alpha value is -3.02. The number of piperidine rings is 1. The van der Waals surface area contributed by atoms with E-state index in [2.05, 4.69) is 15.5 Å². The summed E-state index contributed by atoms with van der Waals surface area (Å²) in [4.78, 5) is 27.8. The minimum Gasteiger partial charge on any atom is -0.496 e. The van der Waals surface area contributed by atoms with Gasteiger partial charge in [0.15, 0.2) is 0 Å². The first-order chi connectivity index (χ1) is 15.2. The first-order valence-corrected chi connectivity index (χ1v) is 11.3. The normalized spacial score (nSPS) is 16.4. The molecule has 0 spiro atoms. The summed E-state index contributed by atoms with van der Waals surface area (Å²) < 4.78 is 5.39. The molecule has 2 amide bonds. The molecule has 2 fully saturated rings. The van der Waals surface area contributed by atoms with Gasteiger partial charge in [-0.2, -0.15) is 0 Å². The van der Waals surface area contributed by atoms with Crippen molar-refractivity contribution in [1.29, 1.82) is 0 Å². The standard InChI is InChI=1S/C25H31N3O3/c1-31-23-11-4-3-8-19(23)17-26-25(30)21-13-12-20(27-24(29)18-9-7-10-18)16-22(21)28-14-5-2-6-15-28/h3-4,8,11-13,16,18H,2,5-7,9-10,14-15,17H2,1H3,(H,26,30)(H,27,29). The van der Waals surface area contributed by atoms with E-state index in [1.54, 1.807) is 7.11 Å². The second kappa shape index (κ2) is 9.86. The number of ether oxygens (including phenoxy) is 1. The van der Waals surface area contributed by atoms with Crippen LogP contribution in [0, 0.1) is 5.92 Å². The summed E-state index contributed by atoms with van der Waals surface area (Å²) in [7, 11) is 1.63. The Morgan fingerprint density at radius 1 is 1.03 bits per heavy atom. The second-order valence-electron chi connectivity index (χ2n) is 8.39. The fourth-order valence-corrected chi connectivity index (χ4v) is 4.23. The van der Waals surface area contributed by atoms with Crippen molar-refractivity contribution in [3.8, 4) is 5.75 Å². The van der Waals surface area contributed by atoms with Crippen LogP contribution < -0.4 is 20.3 Å². The monoisotopic (exact) mass is 421 g/mol. The Kier molecular flexibility index (Phi) is 6.75. The highest BCUT2D eigenvalue weighted by atomic mass is 16.5. The van der Waals surface area contributed by atoms with E-state index < -0.39 is 0 Å². The molecule has 2 aliphatic rings. The SMILES string of the molecule is COc1ccccc1CNC(=O)c1ccc(NC(=O)C2CCC2)cc1N1CCCCC1. The van der Waals surface area contributed by atoms with Crippen LogP contribution in [-0.4, -0.2) is 32.0 Å². The van der Waals surface area contributed by atoms with Crippen molar-refractivity contribution in [2.45, 2.75) is 45.1 Å². The van der Waals surface area contributed by atoms with Crippen molar-refractivity contribution in [1.82, 2.24) is 5.32 Å². The van der Waals surface area contributed by atoms with Crippen LogP contribution in [0.15, 0.2) is 42.5 Å². The van der Waals surface area contributed by atoms with E-state index in [0.717, 1.165) is 67.9 Å². The highest BCUT2D eigenvalue weighted by Gasteiger charge is 2.26. The summed E-state index contributed by atoms with van der Waals surface area (Å²) in [5, 5.41) is 6.08. The van der Waals surface area contributed by atoms with Gasteiger partial charge in [-0.25, -0.2) is 0 Å². The Balaban J connectivity index is 1.53. The largest absolute Gasteiger partial charge is 0.496 e. The van der Waals surface area contributed by atoms with E-state index in [1.807, 2.05) is 42.5 Å². The highest BCUT2D eigenvalue weighted by molar-refractivity contribution is 6.01. The molecule has 31 heavy (non-hydrogen) atoms. The van der Waals surface area contributed by atoms with Gasteiger partial charge in [-0.1, -0.05) is 24.6 Å². The van der Waals surface area contributed by atoms with Crippen molar-refractivity contribution in [3.63, 3.8) is 0 Å². The first kappa shape index (κ1) is 21.2. The zero-order chi connectivity index (χ0) is 21.6. The molecule has 4 rings (SSSR count). The summed E-state index contributed by atoms with van der Waals surface area (Å²) in [6.07, 6.45) is 6.50. The predicted molar refractivity (Wildman–Crippen MR) is 123 cm³/mol. The lowest BCUT2D eigenvalue weighted by Crippen LogP contribution is -2.33. The van der Waals surface area contributed by atoms with Gasteiger partial charge in [0.1, 0.15) is 5.75 Å². The smallest absolute Gasteiger partial charge is 0.253 e. The lowest BCUT2D eigenvalue weighted by molar-refractivity contribution is -0.122. The summed E-state index contributed by atoms with van der Waals surface area (Å²) in [6.45, 7) is 2.24. The van der Waals surface area contributed by atoms with E-state index in [4.69, 9.17) is 4.74 Å².